The number of benzene rings is 1. The predicted molar refractivity (Wildman–Crippen MR) is 113 cm³/mol. The van der Waals surface area contributed by atoms with E-state index in [2.05, 4.69) is 25.5 Å². The average Bonchev–Trinajstić information content (AvgIpc) is 3.34. The summed E-state index contributed by atoms with van der Waals surface area (Å²) < 4.78 is 13.5. The molecule has 1 spiro atoms. The number of nitrogens with one attached hydrogen (secondary N) is 3. The zero-order chi connectivity index (χ0) is 20.0. The van der Waals surface area contributed by atoms with Crippen LogP contribution in [-0.2, 0) is 0 Å². The Bertz CT molecular complexity index is 1080. The van der Waals surface area contributed by atoms with Crippen molar-refractivity contribution < 1.29 is 9.18 Å². The molecule has 1 saturated carbocycles. The number of halogens is 1. The van der Waals surface area contributed by atoms with Crippen LogP contribution in [0.4, 0.5) is 26.4 Å². The van der Waals surface area contributed by atoms with Gasteiger partial charge >= 0.3 is 6.03 Å². The topological polar surface area (TPSA) is 73.0 Å². The van der Waals surface area contributed by atoms with Crippen molar-refractivity contribution >= 4 is 34.1 Å². The van der Waals surface area contributed by atoms with Gasteiger partial charge in [-0.15, -0.1) is 0 Å². The molecule has 2 aromatic heterocycles. The first-order valence-electron chi connectivity index (χ1n) is 10.1. The van der Waals surface area contributed by atoms with Crippen LogP contribution in [0.25, 0.3) is 10.9 Å². The molecule has 5 rings (SSSR count). The minimum absolute atomic E-state index is 0.346. The first-order chi connectivity index (χ1) is 14.0. The minimum Gasteiger partial charge on any atom is -0.359 e. The maximum atomic E-state index is 13.5. The highest BCUT2D eigenvalue weighted by molar-refractivity contribution is 6.05. The van der Waals surface area contributed by atoms with Gasteiger partial charge in [0, 0.05) is 30.2 Å². The molecule has 1 aromatic carbocycles. The summed E-state index contributed by atoms with van der Waals surface area (Å²) in [6.45, 7) is 4.13. The van der Waals surface area contributed by atoms with Gasteiger partial charge in [0.25, 0.3) is 0 Å². The summed E-state index contributed by atoms with van der Waals surface area (Å²) in [6.07, 6.45) is 8.61. The molecule has 0 radical (unpaired) electrons. The van der Waals surface area contributed by atoms with E-state index in [0.717, 1.165) is 30.0 Å². The number of carbonyl (C=O) groups is 1. The highest BCUT2D eigenvalue weighted by Gasteiger charge is 2.44. The Balaban J connectivity index is 1.26. The number of hydrogen-bond acceptors (Lipinski definition) is 3. The lowest BCUT2D eigenvalue weighted by atomic mass is 9.93. The third-order valence-electron chi connectivity index (χ3n) is 6.28. The monoisotopic (exact) mass is 393 g/mol. The molecular weight excluding hydrogens is 369 g/mol. The number of hydrogen-bond donors (Lipinski definition) is 3. The summed E-state index contributed by atoms with van der Waals surface area (Å²) >= 11 is 0. The lowest BCUT2D eigenvalue weighted by Crippen LogP contribution is -2.35. The van der Waals surface area contributed by atoms with Crippen LogP contribution in [0.5, 0.6) is 0 Å². The van der Waals surface area contributed by atoms with Gasteiger partial charge in [-0.05, 0) is 67.9 Å². The van der Waals surface area contributed by atoms with Crippen molar-refractivity contribution in [3.8, 4) is 0 Å². The molecule has 1 aliphatic heterocycles. The molecule has 29 heavy (non-hydrogen) atoms. The molecule has 0 atom stereocenters. The zero-order valence-electron chi connectivity index (χ0n) is 16.4. The first-order valence-corrected chi connectivity index (χ1v) is 10.1. The van der Waals surface area contributed by atoms with Gasteiger partial charge in [-0.1, -0.05) is 0 Å². The largest absolute Gasteiger partial charge is 0.359 e. The molecule has 0 bridgehead atoms. The SMILES string of the molecule is Cc1cc(NC(=O)Nc2c[nH]c3ccc(F)cc23)cnc1N1CCC2(CC1)CC2. The number of aromatic amines is 1. The Morgan fingerprint density at radius 1 is 1.17 bits per heavy atom. The zero-order valence-corrected chi connectivity index (χ0v) is 16.4. The van der Waals surface area contributed by atoms with Crippen LogP contribution in [0.15, 0.2) is 36.7 Å². The van der Waals surface area contributed by atoms with E-state index in [9.17, 15) is 9.18 Å². The van der Waals surface area contributed by atoms with Crippen molar-refractivity contribution in [2.45, 2.75) is 32.6 Å². The number of anilines is 3. The normalized spacial score (nSPS) is 17.5. The number of H-pyrrole nitrogens is 1. The fourth-order valence-corrected chi connectivity index (χ4v) is 4.32. The number of rotatable bonds is 3. The van der Waals surface area contributed by atoms with Gasteiger partial charge < -0.3 is 20.5 Å². The number of fused-ring (bicyclic) bond motifs is 1. The molecule has 150 valence electrons. The predicted octanol–water partition coefficient (Wildman–Crippen LogP) is 5.03. The molecule has 2 amide bonds. The van der Waals surface area contributed by atoms with E-state index in [1.807, 2.05) is 13.0 Å². The van der Waals surface area contributed by atoms with E-state index < -0.39 is 6.03 Å². The number of nitrogens with zero attached hydrogens (tertiary/aromatic N) is 2. The number of aryl methyl sites for hydroxylation is 1. The van der Waals surface area contributed by atoms with Crippen LogP contribution < -0.4 is 15.5 Å². The molecule has 3 heterocycles. The van der Waals surface area contributed by atoms with Crippen LogP contribution in [0.2, 0.25) is 0 Å². The van der Waals surface area contributed by atoms with E-state index in [1.165, 1.54) is 37.8 Å². The lowest BCUT2D eigenvalue weighted by molar-refractivity contribution is 0.262. The number of amides is 2. The summed E-state index contributed by atoms with van der Waals surface area (Å²) in [5, 5.41) is 6.21. The van der Waals surface area contributed by atoms with E-state index in [1.54, 1.807) is 18.5 Å². The Morgan fingerprint density at radius 2 is 1.97 bits per heavy atom. The highest BCUT2D eigenvalue weighted by Crippen LogP contribution is 2.53. The molecule has 1 saturated heterocycles. The smallest absolute Gasteiger partial charge is 0.323 e. The molecule has 0 unspecified atom stereocenters. The highest BCUT2D eigenvalue weighted by atomic mass is 19.1. The van der Waals surface area contributed by atoms with Gasteiger partial charge in [-0.25, -0.2) is 14.2 Å². The second-order valence-corrected chi connectivity index (χ2v) is 8.32. The van der Waals surface area contributed by atoms with Crippen molar-refractivity contribution in [3.05, 3.63) is 48.0 Å². The fourth-order valence-electron chi connectivity index (χ4n) is 4.32. The summed E-state index contributed by atoms with van der Waals surface area (Å²) in [7, 11) is 0. The lowest BCUT2D eigenvalue weighted by Gasteiger charge is -2.33. The van der Waals surface area contributed by atoms with Crippen molar-refractivity contribution in [3.63, 3.8) is 0 Å². The molecule has 3 aromatic rings. The van der Waals surface area contributed by atoms with Gasteiger partial charge in [0.15, 0.2) is 0 Å². The molecule has 2 aliphatic rings. The summed E-state index contributed by atoms with van der Waals surface area (Å²) in [5.74, 6) is 0.653. The second kappa shape index (κ2) is 6.76. The van der Waals surface area contributed by atoms with Crippen molar-refractivity contribution in [2.24, 2.45) is 5.41 Å². The van der Waals surface area contributed by atoms with Crippen molar-refractivity contribution in [1.82, 2.24) is 9.97 Å². The Labute approximate surface area is 168 Å². The molecule has 3 N–H and O–H groups in total. The molecular formula is C22H24FN5O. The van der Waals surface area contributed by atoms with Crippen LogP contribution in [0.1, 0.15) is 31.2 Å². The van der Waals surface area contributed by atoms with Gasteiger partial charge in [-0.2, -0.15) is 0 Å². The minimum atomic E-state index is -0.391. The Hall–Kier alpha value is -3.09. The van der Waals surface area contributed by atoms with Gasteiger partial charge in [0.1, 0.15) is 11.6 Å². The third kappa shape index (κ3) is 3.52. The quantitative estimate of drug-likeness (QED) is 0.584. The number of pyridine rings is 1. The third-order valence-corrected chi connectivity index (χ3v) is 6.28. The first kappa shape index (κ1) is 18.0. The fraction of sp³-hybridized carbons (Fsp3) is 0.364. The van der Waals surface area contributed by atoms with Crippen LogP contribution in [-0.4, -0.2) is 29.1 Å². The summed E-state index contributed by atoms with van der Waals surface area (Å²) in [4.78, 5) is 22.4. The van der Waals surface area contributed by atoms with Crippen molar-refractivity contribution in [1.29, 1.82) is 0 Å². The van der Waals surface area contributed by atoms with Gasteiger partial charge in [0.2, 0.25) is 0 Å². The number of carbonyl (C=O) groups excluding carboxylic acids is 1. The Kier molecular flexibility index (Phi) is 4.19. The molecule has 2 fully saturated rings. The van der Waals surface area contributed by atoms with E-state index >= 15 is 0 Å². The van der Waals surface area contributed by atoms with Gasteiger partial charge in [0.05, 0.1) is 17.6 Å². The number of aromatic nitrogens is 2. The van der Waals surface area contributed by atoms with Gasteiger partial charge in [-0.3, -0.25) is 0 Å². The maximum Gasteiger partial charge on any atom is 0.323 e. The molecule has 7 heteroatoms. The van der Waals surface area contributed by atoms with Crippen LogP contribution in [0.3, 0.4) is 0 Å². The average molecular weight is 393 g/mol. The molecule has 1 aliphatic carbocycles. The maximum absolute atomic E-state index is 13.5. The van der Waals surface area contributed by atoms with Crippen LogP contribution in [0, 0.1) is 18.2 Å². The second-order valence-electron chi connectivity index (χ2n) is 8.32. The van der Waals surface area contributed by atoms with Crippen molar-refractivity contribution in [2.75, 3.05) is 28.6 Å². The molecule has 6 nitrogen and oxygen atoms in total. The summed E-state index contributed by atoms with van der Waals surface area (Å²) in [5.41, 5.74) is 3.60. The van der Waals surface area contributed by atoms with E-state index in [0.29, 0.717) is 22.2 Å². The number of urea groups is 1. The van der Waals surface area contributed by atoms with E-state index in [4.69, 9.17) is 0 Å². The van der Waals surface area contributed by atoms with E-state index in [-0.39, 0.29) is 5.82 Å². The van der Waals surface area contributed by atoms with Crippen LogP contribution >= 0.6 is 0 Å². The Morgan fingerprint density at radius 3 is 2.69 bits per heavy atom. The number of piperidine rings is 1. The standard InChI is InChI=1S/C22H24FN5O/c1-14-10-16(12-25-20(14)28-8-6-22(4-5-22)7-9-28)26-21(29)27-19-13-24-18-3-2-15(23)11-17(18)19/h2-3,10-13,24H,4-9H2,1H3,(H2,26,27,29). The summed E-state index contributed by atoms with van der Waals surface area (Å²) in [6, 6.07) is 5.97.